The van der Waals surface area contributed by atoms with Crippen molar-refractivity contribution in [2.24, 2.45) is 5.92 Å². The normalized spacial score (nSPS) is 12.6. The van der Waals surface area contributed by atoms with Crippen molar-refractivity contribution in [2.75, 3.05) is 32.7 Å². The van der Waals surface area contributed by atoms with Crippen LogP contribution in [0.1, 0.15) is 27.7 Å². The first-order chi connectivity index (χ1) is 10.7. The van der Waals surface area contributed by atoms with E-state index in [1.54, 1.807) is 0 Å². The minimum atomic E-state index is -3.66. The van der Waals surface area contributed by atoms with Gasteiger partial charge in [-0.3, -0.25) is 0 Å². The number of benzene rings is 1. The Bertz CT molecular complexity index is 604. The molecule has 0 amide bonds. The predicted octanol–water partition coefficient (Wildman–Crippen LogP) is 3.58. The van der Waals surface area contributed by atoms with Crippen molar-refractivity contribution in [3.8, 4) is 0 Å². The maximum absolute atomic E-state index is 13.2. The SMILES string of the molecule is CCN(CC)CCN(CC(C)C)S(=O)(=O)c1ccc(F)cc1Br. The summed E-state index contributed by atoms with van der Waals surface area (Å²) in [5.41, 5.74) is 0. The highest BCUT2D eigenvalue weighted by Gasteiger charge is 2.27. The zero-order valence-electron chi connectivity index (χ0n) is 14.2. The molecule has 0 heterocycles. The highest BCUT2D eigenvalue weighted by atomic mass is 79.9. The van der Waals surface area contributed by atoms with Crippen molar-refractivity contribution < 1.29 is 12.8 Å². The van der Waals surface area contributed by atoms with Gasteiger partial charge in [-0.05, 0) is 53.1 Å². The van der Waals surface area contributed by atoms with E-state index in [2.05, 4.69) is 34.7 Å². The van der Waals surface area contributed by atoms with Gasteiger partial charge in [0.15, 0.2) is 0 Å². The average molecular weight is 409 g/mol. The van der Waals surface area contributed by atoms with Crippen LogP contribution in [0.3, 0.4) is 0 Å². The summed E-state index contributed by atoms with van der Waals surface area (Å²) in [7, 11) is -3.66. The van der Waals surface area contributed by atoms with Gasteiger partial charge in [0.2, 0.25) is 10.0 Å². The Balaban J connectivity index is 3.08. The molecule has 1 aromatic carbocycles. The third-order valence-electron chi connectivity index (χ3n) is 3.64. The molecule has 0 radical (unpaired) electrons. The standard InChI is InChI=1S/C16H26BrFN2O2S/c1-5-19(6-2)9-10-20(12-13(3)4)23(21,22)16-8-7-14(18)11-15(16)17/h7-8,11,13H,5-6,9-10,12H2,1-4H3. The molecule has 1 aromatic rings. The Morgan fingerprint density at radius 3 is 2.26 bits per heavy atom. The molecule has 0 spiro atoms. The molecule has 1 rings (SSSR count). The van der Waals surface area contributed by atoms with E-state index in [0.717, 1.165) is 13.1 Å². The van der Waals surface area contributed by atoms with E-state index in [0.29, 0.717) is 19.6 Å². The quantitative estimate of drug-likeness (QED) is 0.626. The van der Waals surface area contributed by atoms with Crippen LogP contribution in [-0.4, -0.2) is 50.3 Å². The second kappa shape index (κ2) is 9.11. The Kier molecular flexibility index (Phi) is 8.13. The van der Waals surface area contributed by atoms with Crippen molar-refractivity contribution in [3.05, 3.63) is 28.5 Å². The van der Waals surface area contributed by atoms with Crippen LogP contribution in [0.15, 0.2) is 27.6 Å². The van der Waals surface area contributed by atoms with E-state index < -0.39 is 15.8 Å². The lowest BCUT2D eigenvalue weighted by Gasteiger charge is -2.27. The molecule has 0 saturated carbocycles. The molecule has 0 atom stereocenters. The molecule has 132 valence electrons. The predicted molar refractivity (Wildman–Crippen MR) is 95.5 cm³/mol. The monoisotopic (exact) mass is 408 g/mol. The van der Waals surface area contributed by atoms with E-state index in [1.165, 1.54) is 22.5 Å². The summed E-state index contributed by atoms with van der Waals surface area (Å²) in [6.07, 6.45) is 0. The highest BCUT2D eigenvalue weighted by molar-refractivity contribution is 9.10. The minimum Gasteiger partial charge on any atom is -0.303 e. The van der Waals surface area contributed by atoms with E-state index in [4.69, 9.17) is 0 Å². The number of sulfonamides is 1. The van der Waals surface area contributed by atoms with Gasteiger partial charge in [0, 0.05) is 24.1 Å². The summed E-state index contributed by atoms with van der Waals surface area (Å²) in [5, 5.41) is 0. The number of likely N-dealkylation sites (N-methyl/N-ethyl adjacent to an activating group) is 1. The average Bonchev–Trinajstić information content (AvgIpc) is 2.46. The summed E-state index contributed by atoms with van der Waals surface area (Å²) < 4.78 is 40.9. The van der Waals surface area contributed by atoms with E-state index in [1.807, 2.05) is 13.8 Å². The van der Waals surface area contributed by atoms with Gasteiger partial charge < -0.3 is 4.90 Å². The van der Waals surface area contributed by atoms with Crippen LogP contribution >= 0.6 is 15.9 Å². The number of nitrogens with zero attached hydrogens (tertiary/aromatic N) is 2. The summed E-state index contributed by atoms with van der Waals surface area (Å²) in [4.78, 5) is 2.29. The Morgan fingerprint density at radius 1 is 1.17 bits per heavy atom. The van der Waals surface area contributed by atoms with Crippen LogP contribution in [0.4, 0.5) is 4.39 Å². The summed E-state index contributed by atoms with van der Waals surface area (Å²) in [5.74, 6) is -0.255. The molecule has 0 aliphatic rings. The van der Waals surface area contributed by atoms with Gasteiger partial charge in [0.25, 0.3) is 0 Å². The van der Waals surface area contributed by atoms with E-state index in [9.17, 15) is 12.8 Å². The first-order valence-corrected chi connectivity index (χ1v) is 10.1. The van der Waals surface area contributed by atoms with Crippen molar-refractivity contribution in [1.29, 1.82) is 0 Å². The second-order valence-electron chi connectivity index (χ2n) is 5.86. The third-order valence-corrected chi connectivity index (χ3v) is 6.48. The molecular weight excluding hydrogens is 383 g/mol. The molecular formula is C16H26BrFN2O2S. The second-order valence-corrected chi connectivity index (χ2v) is 8.62. The van der Waals surface area contributed by atoms with Gasteiger partial charge in [-0.25, -0.2) is 12.8 Å². The topological polar surface area (TPSA) is 40.6 Å². The number of halogens is 2. The molecule has 0 unspecified atom stereocenters. The van der Waals surface area contributed by atoms with E-state index >= 15 is 0 Å². The summed E-state index contributed by atoms with van der Waals surface area (Å²) >= 11 is 3.17. The fourth-order valence-corrected chi connectivity index (χ4v) is 4.94. The Labute approximate surface area is 147 Å². The zero-order valence-corrected chi connectivity index (χ0v) is 16.6. The largest absolute Gasteiger partial charge is 0.303 e. The fraction of sp³-hybridized carbons (Fsp3) is 0.625. The van der Waals surface area contributed by atoms with Gasteiger partial charge in [0.05, 0.1) is 4.90 Å². The lowest BCUT2D eigenvalue weighted by Crippen LogP contribution is -2.40. The molecule has 7 heteroatoms. The minimum absolute atomic E-state index is 0.110. The van der Waals surface area contributed by atoms with Crippen molar-refractivity contribution >= 4 is 26.0 Å². The lowest BCUT2D eigenvalue weighted by molar-refractivity contribution is 0.262. The third kappa shape index (κ3) is 5.81. The number of hydrogen-bond acceptors (Lipinski definition) is 3. The Hall–Kier alpha value is -0.500. The molecule has 4 nitrogen and oxygen atoms in total. The van der Waals surface area contributed by atoms with Crippen LogP contribution < -0.4 is 0 Å². The smallest absolute Gasteiger partial charge is 0.244 e. The van der Waals surface area contributed by atoms with Gasteiger partial charge in [-0.15, -0.1) is 0 Å². The van der Waals surface area contributed by atoms with Gasteiger partial charge >= 0.3 is 0 Å². The maximum atomic E-state index is 13.2. The van der Waals surface area contributed by atoms with Crippen LogP contribution in [0, 0.1) is 11.7 Å². The molecule has 0 saturated heterocycles. The zero-order chi connectivity index (χ0) is 17.6. The van der Waals surface area contributed by atoms with Gasteiger partial charge in [-0.2, -0.15) is 4.31 Å². The molecule has 0 aromatic heterocycles. The molecule has 0 bridgehead atoms. The van der Waals surface area contributed by atoms with Crippen LogP contribution in [0.5, 0.6) is 0 Å². The van der Waals surface area contributed by atoms with Crippen LogP contribution in [0.25, 0.3) is 0 Å². The van der Waals surface area contributed by atoms with Crippen LogP contribution in [0.2, 0.25) is 0 Å². The first kappa shape index (κ1) is 20.5. The molecule has 0 fully saturated rings. The summed E-state index contributed by atoms with van der Waals surface area (Å²) in [6.45, 7) is 11.4. The summed E-state index contributed by atoms with van der Waals surface area (Å²) in [6, 6.07) is 3.68. The van der Waals surface area contributed by atoms with Crippen molar-refractivity contribution in [2.45, 2.75) is 32.6 Å². The van der Waals surface area contributed by atoms with Crippen LogP contribution in [-0.2, 0) is 10.0 Å². The lowest BCUT2D eigenvalue weighted by atomic mass is 10.2. The molecule has 23 heavy (non-hydrogen) atoms. The highest BCUT2D eigenvalue weighted by Crippen LogP contribution is 2.26. The van der Waals surface area contributed by atoms with Gasteiger partial charge in [-0.1, -0.05) is 27.7 Å². The van der Waals surface area contributed by atoms with Gasteiger partial charge in [0.1, 0.15) is 5.82 Å². The first-order valence-electron chi connectivity index (χ1n) is 7.89. The van der Waals surface area contributed by atoms with Crippen molar-refractivity contribution in [3.63, 3.8) is 0 Å². The van der Waals surface area contributed by atoms with E-state index in [-0.39, 0.29) is 15.3 Å². The number of rotatable bonds is 9. The molecule has 0 N–H and O–H groups in total. The van der Waals surface area contributed by atoms with Crippen molar-refractivity contribution in [1.82, 2.24) is 9.21 Å². The Morgan fingerprint density at radius 2 is 1.78 bits per heavy atom. The molecule has 0 aliphatic carbocycles. The fourth-order valence-electron chi connectivity index (χ4n) is 2.33. The maximum Gasteiger partial charge on any atom is 0.244 e. The number of hydrogen-bond donors (Lipinski definition) is 0. The molecule has 0 aliphatic heterocycles.